The zero-order chi connectivity index (χ0) is 61.2. The highest BCUT2D eigenvalue weighted by molar-refractivity contribution is 5.73. The number of aliphatic hydroxyl groups is 20. The van der Waals surface area contributed by atoms with E-state index in [2.05, 4.69) is 10.6 Å². The summed E-state index contributed by atoms with van der Waals surface area (Å²) < 4.78 is 76.5. The van der Waals surface area contributed by atoms with E-state index in [9.17, 15) is 112 Å². The van der Waals surface area contributed by atoms with Crippen LogP contribution in [-0.2, 0) is 71.2 Å². The summed E-state index contributed by atoms with van der Waals surface area (Å²) in [6.45, 7) is -2.89. The van der Waals surface area contributed by atoms with Gasteiger partial charge >= 0.3 is 0 Å². The Morgan fingerprint density at radius 2 is 0.711 bits per heavy atom. The largest absolute Gasteiger partial charge is 0.394 e. The van der Waals surface area contributed by atoms with Gasteiger partial charge in [0.15, 0.2) is 44.0 Å². The standard InChI is InChI=1S/C46H78N2O35/c1-10-21(56)27(62)32(67)43(72-10)83-39-30(65)24(59)15(6-51)76-46(39)81-37-18(9-71-42-31(66)28(63)22(57)13(4-49)74-42)78-45(34(69)38(37)82-44-33(68)29(64)23(58)14(5-50)75-44)80-36-17(8-53)77-41(20(26(36)61)48-12(3)55)79-35-16(7-52)73-40(70)19(25(35)60)47-11(2)54/h10,13-46,49-53,56-70H,4-9H2,1-3H3,(H,47,54)(H,48,55)/t10-,13+,14+,15+,16+,17+,18+,19+,20+,21+,22+,23+,24-,25+,26+,27+,28-,29-,30-,31-,32-,33-,34-,35+,36+,37+,38+,39+,40+,41-,42-,43-,44+,45-,46-/m0/s1. The quantitative estimate of drug-likeness (QED) is 0.0538. The Morgan fingerprint density at radius 1 is 0.337 bits per heavy atom. The van der Waals surface area contributed by atoms with Crippen molar-refractivity contribution in [1.82, 2.24) is 10.6 Å². The first-order chi connectivity index (χ1) is 39.2. The Balaban J connectivity index is 1.28. The van der Waals surface area contributed by atoms with Crippen LogP contribution in [-0.4, -0.2) is 368 Å². The first-order valence-corrected chi connectivity index (χ1v) is 26.5. The van der Waals surface area contributed by atoms with Gasteiger partial charge in [-0.1, -0.05) is 0 Å². The SMILES string of the molecule is CC(=O)N[C@@H]1[C@@H](O)[C@H](O[C@@H]2O[C@H](CO)[C@@H](O[C@@H]3O[C@H](CO[C@H]4O[C@H](CO)[C@@H](O)[C@H](O)[C@@H]4O)[C@@H](O[C@@H]4O[C@H](CO)[C@H](O)[C@H](O)[C@H]4O[C@@H]4O[C@@H](C)[C@@H](O)[C@@H](O)[C@@H]4O)[C@H](O[C@H]4O[C@H](CO)[C@@H](O)[C@H](O)[C@@H]4O)[C@@H]3O)[C@H](O)[C@H]2NC(C)=O)[C@@H](CO)O[C@H]1O. The van der Waals surface area contributed by atoms with Gasteiger partial charge in [0.1, 0.15) is 165 Å². The minimum atomic E-state index is -2.47. The van der Waals surface area contributed by atoms with Gasteiger partial charge in [0.25, 0.3) is 0 Å². The molecule has 7 rings (SSSR count). The molecule has 7 heterocycles. The van der Waals surface area contributed by atoms with Crippen molar-refractivity contribution in [2.75, 3.05) is 39.6 Å². The third-order valence-electron chi connectivity index (χ3n) is 15.3. The molecule has 0 spiro atoms. The number of nitrogens with one attached hydrogen (secondary N) is 2. The molecule has 35 atom stereocenters. The summed E-state index contributed by atoms with van der Waals surface area (Å²) in [5.74, 6) is -1.63. The fourth-order valence-electron chi connectivity index (χ4n) is 10.6. The van der Waals surface area contributed by atoms with Gasteiger partial charge < -0.3 is 174 Å². The Morgan fingerprint density at radius 3 is 1.25 bits per heavy atom. The molecular weight excluding hydrogens is 1140 g/mol. The van der Waals surface area contributed by atoms with E-state index in [1.807, 2.05) is 0 Å². The molecule has 0 saturated carbocycles. The molecule has 0 aromatic carbocycles. The van der Waals surface area contributed by atoms with Crippen LogP contribution < -0.4 is 10.6 Å². The van der Waals surface area contributed by atoms with Gasteiger partial charge in [0.2, 0.25) is 11.8 Å². The van der Waals surface area contributed by atoms with Gasteiger partial charge in [-0.2, -0.15) is 0 Å². The Bertz CT molecular complexity index is 2040. The molecule has 0 radical (unpaired) electrons. The average Bonchev–Trinajstić information content (AvgIpc) is 3.48. The summed E-state index contributed by atoms with van der Waals surface area (Å²) in [7, 11) is 0. The number of hydrogen-bond acceptors (Lipinski definition) is 35. The second-order valence-corrected chi connectivity index (χ2v) is 21.1. The molecular formula is C46H78N2O35. The van der Waals surface area contributed by atoms with Crippen LogP contribution in [0.15, 0.2) is 0 Å². The van der Waals surface area contributed by atoms with E-state index >= 15 is 0 Å². The molecule has 0 bridgehead atoms. The monoisotopic (exact) mass is 1220 g/mol. The maximum atomic E-state index is 12.8. The van der Waals surface area contributed by atoms with Crippen LogP contribution in [0.2, 0.25) is 0 Å². The molecule has 7 fully saturated rings. The highest BCUT2D eigenvalue weighted by Gasteiger charge is 2.59. The van der Waals surface area contributed by atoms with Gasteiger partial charge in [0, 0.05) is 13.8 Å². The smallest absolute Gasteiger partial charge is 0.217 e. The third kappa shape index (κ3) is 14.7. The van der Waals surface area contributed by atoms with Gasteiger partial charge in [-0.25, -0.2) is 0 Å². The topological polar surface area (TPSA) is 583 Å². The molecule has 0 aromatic rings. The zero-order valence-corrected chi connectivity index (χ0v) is 44.5. The summed E-state index contributed by atoms with van der Waals surface area (Å²) >= 11 is 0. The lowest BCUT2D eigenvalue weighted by molar-refractivity contribution is -0.410. The molecule has 0 unspecified atom stereocenters. The number of carbonyl (C=O) groups excluding carboxylic acids is 2. The van der Waals surface area contributed by atoms with Crippen LogP contribution in [0.4, 0.5) is 0 Å². The fraction of sp³-hybridized carbons (Fsp3) is 0.957. The second-order valence-electron chi connectivity index (χ2n) is 21.1. The molecule has 0 aliphatic carbocycles. The zero-order valence-electron chi connectivity index (χ0n) is 44.5. The fourth-order valence-corrected chi connectivity index (χ4v) is 10.6. The Labute approximate surface area is 470 Å². The molecule has 7 aliphatic rings. The molecule has 7 aliphatic heterocycles. The molecule has 7 saturated heterocycles. The van der Waals surface area contributed by atoms with Crippen molar-refractivity contribution in [3.63, 3.8) is 0 Å². The van der Waals surface area contributed by atoms with Gasteiger partial charge in [-0.3, -0.25) is 9.59 Å². The van der Waals surface area contributed by atoms with Gasteiger partial charge in [-0.15, -0.1) is 0 Å². The van der Waals surface area contributed by atoms with Crippen LogP contribution in [0.25, 0.3) is 0 Å². The predicted octanol–water partition coefficient (Wildman–Crippen LogP) is -15.0. The summed E-state index contributed by atoms with van der Waals surface area (Å²) in [5.41, 5.74) is 0. The van der Waals surface area contributed by atoms with Crippen molar-refractivity contribution < 1.29 is 173 Å². The summed E-state index contributed by atoms with van der Waals surface area (Å²) in [4.78, 5) is 24.8. The van der Waals surface area contributed by atoms with Gasteiger partial charge in [-0.05, 0) is 6.92 Å². The van der Waals surface area contributed by atoms with E-state index in [0.29, 0.717) is 0 Å². The summed E-state index contributed by atoms with van der Waals surface area (Å²) in [6, 6.07) is -3.42. The third-order valence-corrected chi connectivity index (χ3v) is 15.3. The predicted molar refractivity (Wildman–Crippen MR) is 254 cm³/mol. The lowest BCUT2D eigenvalue weighted by atomic mass is 9.93. The normalized spacial score (nSPS) is 50.8. The molecule has 37 heteroatoms. The Hall–Kier alpha value is -2.38. The van der Waals surface area contributed by atoms with Crippen LogP contribution >= 0.6 is 0 Å². The van der Waals surface area contributed by atoms with Gasteiger partial charge in [0.05, 0.1) is 45.7 Å². The molecule has 482 valence electrons. The van der Waals surface area contributed by atoms with Crippen molar-refractivity contribution in [3.05, 3.63) is 0 Å². The van der Waals surface area contributed by atoms with E-state index < -0.39 is 266 Å². The summed E-state index contributed by atoms with van der Waals surface area (Å²) in [6.07, 6.45) is -65.8. The lowest BCUT2D eigenvalue weighted by Gasteiger charge is -2.52. The number of carbonyl (C=O) groups is 2. The maximum Gasteiger partial charge on any atom is 0.217 e. The van der Waals surface area contributed by atoms with E-state index in [4.69, 9.17) is 61.6 Å². The molecule has 83 heavy (non-hydrogen) atoms. The van der Waals surface area contributed by atoms with Crippen molar-refractivity contribution >= 4 is 11.8 Å². The first-order valence-electron chi connectivity index (χ1n) is 26.5. The number of rotatable bonds is 20. The first kappa shape index (κ1) is 68.1. The van der Waals surface area contributed by atoms with Crippen LogP contribution in [0.1, 0.15) is 20.8 Å². The molecule has 22 N–H and O–H groups in total. The van der Waals surface area contributed by atoms with E-state index in [1.54, 1.807) is 0 Å². The van der Waals surface area contributed by atoms with Crippen LogP contribution in [0, 0.1) is 0 Å². The molecule has 0 aromatic heterocycles. The van der Waals surface area contributed by atoms with E-state index in [1.165, 1.54) is 6.92 Å². The number of aliphatic hydroxyl groups excluding tert-OH is 20. The van der Waals surface area contributed by atoms with Crippen molar-refractivity contribution in [3.8, 4) is 0 Å². The van der Waals surface area contributed by atoms with Crippen molar-refractivity contribution in [1.29, 1.82) is 0 Å². The summed E-state index contributed by atoms with van der Waals surface area (Å²) in [5, 5.41) is 222. The van der Waals surface area contributed by atoms with Crippen LogP contribution in [0.5, 0.6) is 0 Å². The molecule has 37 nitrogen and oxygen atoms in total. The average molecular weight is 1220 g/mol. The van der Waals surface area contributed by atoms with E-state index in [-0.39, 0.29) is 0 Å². The van der Waals surface area contributed by atoms with Crippen LogP contribution in [0.3, 0.4) is 0 Å². The maximum absolute atomic E-state index is 12.8. The Kier molecular flexibility index (Phi) is 24.0. The highest BCUT2D eigenvalue weighted by Crippen LogP contribution is 2.39. The molecule has 2 amide bonds. The van der Waals surface area contributed by atoms with E-state index in [0.717, 1.165) is 13.8 Å². The number of hydrogen-bond donors (Lipinski definition) is 22. The number of amides is 2. The minimum absolute atomic E-state index is 0.745. The van der Waals surface area contributed by atoms with Crippen molar-refractivity contribution in [2.45, 2.75) is 236 Å². The number of ether oxygens (including phenoxy) is 13. The minimum Gasteiger partial charge on any atom is -0.394 e. The highest BCUT2D eigenvalue weighted by atomic mass is 16.8. The lowest BCUT2D eigenvalue weighted by Crippen LogP contribution is -2.71. The van der Waals surface area contributed by atoms with Crippen molar-refractivity contribution in [2.24, 2.45) is 0 Å². The second kappa shape index (κ2) is 29.3.